The van der Waals surface area contributed by atoms with Crippen LogP contribution in [0.4, 0.5) is 0 Å². The number of hydrogen-bond acceptors (Lipinski definition) is 2. The lowest BCUT2D eigenvalue weighted by molar-refractivity contribution is -0.143. The number of ether oxygens (including phenoxy) is 1. The number of carbonyl (C=O) groups excluding carboxylic acids is 1. The van der Waals surface area contributed by atoms with Crippen molar-refractivity contribution >= 4 is 5.97 Å². The molecule has 2 nitrogen and oxygen atoms in total. The Morgan fingerprint density at radius 3 is 3.07 bits per heavy atom. The van der Waals surface area contributed by atoms with Gasteiger partial charge in [-0.3, -0.25) is 0 Å². The highest BCUT2D eigenvalue weighted by Gasteiger charge is 2.14. The number of allylic oxidation sites excluding steroid dienone is 1. The summed E-state index contributed by atoms with van der Waals surface area (Å²) in [5.41, 5.74) is 0. The Hall–Kier alpha value is -0.790. The van der Waals surface area contributed by atoms with Crippen LogP contribution in [0.15, 0.2) is 12.2 Å². The first-order valence-electron chi connectivity index (χ1n) is 5.70. The van der Waals surface area contributed by atoms with Crippen LogP contribution >= 0.6 is 0 Å². The molecule has 80 valence electrons. The number of hydrogen-bond donors (Lipinski definition) is 0. The van der Waals surface area contributed by atoms with E-state index in [-0.39, 0.29) is 12.1 Å². The lowest BCUT2D eigenvalue weighted by Crippen LogP contribution is -2.14. The molecule has 0 spiro atoms. The van der Waals surface area contributed by atoms with Crippen molar-refractivity contribution < 1.29 is 9.53 Å². The van der Waals surface area contributed by atoms with Crippen LogP contribution < -0.4 is 0 Å². The van der Waals surface area contributed by atoms with Gasteiger partial charge in [0.25, 0.3) is 0 Å². The van der Waals surface area contributed by atoms with Gasteiger partial charge in [-0.05, 0) is 25.7 Å². The molecule has 0 saturated carbocycles. The van der Waals surface area contributed by atoms with E-state index in [0.717, 1.165) is 19.3 Å². The number of esters is 1. The summed E-state index contributed by atoms with van der Waals surface area (Å²) in [6, 6.07) is 0. The molecule has 0 aromatic carbocycles. The van der Waals surface area contributed by atoms with E-state index in [1.807, 2.05) is 6.08 Å². The van der Waals surface area contributed by atoms with E-state index in [4.69, 9.17) is 4.74 Å². The van der Waals surface area contributed by atoms with Crippen LogP contribution in [0.1, 0.15) is 51.9 Å². The summed E-state index contributed by atoms with van der Waals surface area (Å²) in [6.07, 6.45) is 11.6. The van der Waals surface area contributed by atoms with E-state index in [1.165, 1.54) is 25.7 Å². The third-order valence-electron chi connectivity index (χ3n) is 2.57. The Morgan fingerprint density at radius 1 is 1.43 bits per heavy atom. The normalized spacial score (nSPS) is 21.8. The van der Waals surface area contributed by atoms with Gasteiger partial charge in [0, 0.05) is 6.08 Å². The number of rotatable bonds is 5. The second kappa shape index (κ2) is 6.63. The molecule has 0 aliphatic carbocycles. The predicted molar refractivity (Wildman–Crippen MR) is 57.0 cm³/mol. The van der Waals surface area contributed by atoms with E-state index in [2.05, 4.69) is 6.92 Å². The molecule has 0 saturated heterocycles. The second-order valence-corrected chi connectivity index (χ2v) is 3.89. The van der Waals surface area contributed by atoms with Gasteiger partial charge in [0.2, 0.25) is 0 Å². The molecule has 0 N–H and O–H groups in total. The minimum absolute atomic E-state index is 0.161. The maximum atomic E-state index is 11.1. The molecule has 0 aromatic rings. The molecule has 1 heterocycles. The zero-order chi connectivity index (χ0) is 10.2. The number of unbranched alkanes of at least 4 members (excludes halogenated alkanes) is 3. The highest BCUT2D eigenvalue weighted by Crippen LogP contribution is 2.15. The fraction of sp³-hybridized carbons (Fsp3) is 0.750. The zero-order valence-corrected chi connectivity index (χ0v) is 9.00. The van der Waals surface area contributed by atoms with E-state index in [1.54, 1.807) is 6.08 Å². The Kier molecular flexibility index (Phi) is 5.35. The van der Waals surface area contributed by atoms with Crippen LogP contribution in [0.3, 0.4) is 0 Å². The summed E-state index contributed by atoms with van der Waals surface area (Å²) in [6.45, 7) is 2.20. The van der Waals surface area contributed by atoms with E-state index in [9.17, 15) is 4.79 Å². The fourth-order valence-electron chi connectivity index (χ4n) is 1.73. The van der Waals surface area contributed by atoms with Crippen molar-refractivity contribution in [1.29, 1.82) is 0 Å². The maximum Gasteiger partial charge on any atom is 0.330 e. The molecule has 14 heavy (non-hydrogen) atoms. The van der Waals surface area contributed by atoms with Gasteiger partial charge >= 0.3 is 5.97 Å². The first-order chi connectivity index (χ1) is 6.83. The van der Waals surface area contributed by atoms with Crippen molar-refractivity contribution in [3.63, 3.8) is 0 Å². The smallest absolute Gasteiger partial charge is 0.330 e. The maximum absolute atomic E-state index is 11.1. The molecule has 1 rings (SSSR count). The van der Waals surface area contributed by atoms with Gasteiger partial charge in [0.15, 0.2) is 0 Å². The van der Waals surface area contributed by atoms with E-state index in [0.29, 0.717) is 0 Å². The minimum atomic E-state index is -0.164. The van der Waals surface area contributed by atoms with Crippen LogP contribution in [0.2, 0.25) is 0 Å². The summed E-state index contributed by atoms with van der Waals surface area (Å²) in [5.74, 6) is -0.164. The van der Waals surface area contributed by atoms with E-state index >= 15 is 0 Å². The molecule has 0 fully saturated rings. The molecule has 0 bridgehead atoms. The second-order valence-electron chi connectivity index (χ2n) is 3.89. The zero-order valence-electron chi connectivity index (χ0n) is 9.00. The number of cyclic esters (lactones) is 1. The summed E-state index contributed by atoms with van der Waals surface area (Å²) in [4.78, 5) is 11.1. The summed E-state index contributed by atoms with van der Waals surface area (Å²) in [5, 5.41) is 0. The first-order valence-corrected chi connectivity index (χ1v) is 5.70. The van der Waals surface area contributed by atoms with Crippen LogP contribution in [0.25, 0.3) is 0 Å². The summed E-state index contributed by atoms with van der Waals surface area (Å²) < 4.78 is 5.27. The lowest BCUT2D eigenvalue weighted by Gasteiger charge is -2.14. The van der Waals surface area contributed by atoms with Crippen molar-refractivity contribution in [3.05, 3.63) is 12.2 Å². The standard InChI is InChI=1S/C12H20O2/c1-2-3-4-5-8-11-9-6-7-10-12(13)14-11/h7,10-11H,2-6,8-9H2,1H3. The molecule has 1 unspecified atom stereocenters. The van der Waals surface area contributed by atoms with E-state index < -0.39 is 0 Å². The molecule has 1 atom stereocenters. The third-order valence-corrected chi connectivity index (χ3v) is 2.57. The molecule has 0 aromatic heterocycles. The van der Waals surface area contributed by atoms with Gasteiger partial charge in [-0.2, -0.15) is 0 Å². The SMILES string of the molecule is CCCCCCC1CCC=CC(=O)O1. The van der Waals surface area contributed by atoms with Crippen LogP contribution in [0.5, 0.6) is 0 Å². The van der Waals surface area contributed by atoms with Gasteiger partial charge in [0.05, 0.1) is 0 Å². The first kappa shape index (κ1) is 11.3. The Balaban J connectivity index is 2.14. The van der Waals surface area contributed by atoms with Crippen molar-refractivity contribution in [3.8, 4) is 0 Å². The van der Waals surface area contributed by atoms with Gasteiger partial charge < -0.3 is 4.74 Å². The molecule has 1 aliphatic rings. The van der Waals surface area contributed by atoms with Gasteiger partial charge in [-0.25, -0.2) is 4.79 Å². The fourth-order valence-corrected chi connectivity index (χ4v) is 1.73. The highest BCUT2D eigenvalue weighted by molar-refractivity contribution is 5.82. The van der Waals surface area contributed by atoms with Gasteiger partial charge in [-0.1, -0.05) is 32.3 Å². The van der Waals surface area contributed by atoms with Crippen LogP contribution in [0, 0.1) is 0 Å². The number of carbonyl (C=O) groups is 1. The molecule has 2 heteroatoms. The summed E-state index contributed by atoms with van der Waals surface area (Å²) in [7, 11) is 0. The van der Waals surface area contributed by atoms with Crippen molar-refractivity contribution in [1.82, 2.24) is 0 Å². The highest BCUT2D eigenvalue weighted by atomic mass is 16.5. The van der Waals surface area contributed by atoms with Crippen molar-refractivity contribution in [2.24, 2.45) is 0 Å². The predicted octanol–water partition coefficient (Wildman–Crippen LogP) is 3.22. The molecule has 0 radical (unpaired) electrons. The lowest BCUT2D eigenvalue weighted by atomic mass is 10.1. The molecular weight excluding hydrogens is 176 g/mol. The van der Waals surface area contributed by atoms with Gasteiger partial charge in [-0.15, -0.1) is 0 Å². The average Bonchev–Trinajstić information content (AvgIpc) is 2.38. The Morgan fingerprint density at radius 2 is 2.29 bits per heavy atom. The molecular formula is C12H20O2. The monoisotopic (exact) mass is 196 g/mol. The average molecular weight is 196 g/mol. The Labute approximate surface area is 86.3 Å². The quantitative estimate of drug-likeness (QED) is 0.498. The largest absolute Gasteiger partial charge is 0.459 e. The van der Waals surface area contributed by atoms with Crippen LogP contribution in [-0.4, -0.2) is 12.1 Å². The Bertz CT molecular complexity index is 196. The van der Waals surface area contributed by atoms with Gasteiger partial charge in [0.1, 0.15) is 6.10 Å². The van der Waals surface area contributed by atoms with Crippen molar-refractivity contribution in [2.45, 2.75) is 58.0 Å². The molecule has 1 aliphatic heterocycles. The van der Waals surface area contributed by atoms with Crippen molar-refractivity contribution in [2.75, 3.05) is 0 Å². The summed E-state index contributed by atoms with van der Waals surface area (Å²) >= 11 is 0. The van der Waals surface area contributed by atoms with Crippen LogP contribution in [-0.2, 0) is 9.53 Å². The molecule has 0 amide bonds. The minimum Gasteiger partial charge on any atom is -0.459 e. The topological polar surface area (TPSA) is 26.3 Å². The third kappa shape index (κ3) is 4.45.